The van der Waals surface area contributed by atoms with E-state index in [1.54, 1.807) is 11.7 Å². The number of carbonyl (C=O) groups is 1. The van der Waals surface area contributed by atoms with E-state index in [4.69, 9.17) is 4.74 Å². The van der Waals surface area contributed by atoms with Crippen molar-refractivity contribution < 1.29 is 9.53 Å². The Morgan fingerprint density at radius 2 is 1.55 bits per heavy atom. The maximum absolute atomic E-state index is 12.5. The van der Waals surface area contributed by atoms with Gasteiger partial charge >= 0.3 is 5.97 Å². The first kappa shape index (κ1) is 23.0. The Hall–Kier alpha value is -2.24. The van der Waals surface area contributed by atoms with E-state index in [-0.39, 0.29) is 5.97 Å². The molecule has 0 bridgehead atoms. The second-order valence-electron chi connectivity index (χ2n) is 7.52. The lowest BCUT2D eigenvalue weighted by atomic mass is 9.99. The van der Waals surface area contributed by atoms with E-state index in [1.807, 2.05) is 30.3 Å². The lowest BCUT2D eigenvalue weighted by Crippen LogP contribution is -2.19. The molecule has 0 fully saturated rings. The van der Waals surface area contributed by atoms with Gasteiger partial charge in [-0.3, -0.25) is 4.79 Å². The molecule has 2 rings (SSSR count). The fourth-order valence-corrected chi connectivity index (χ4v) is 3.47. The molecule has 0 amide bonds. The standard InChI is InChI=1S/C23H36N4O2/c1-3-5-6-7-8-9-10-11-12-16-19-27-25-22(24-26-27)21(23(28)29-4-2)20-17-14-13-15-18-20/h13-15,17-18,21H,3-12,16,19H2,1-2H3. The molecular formula is C23H36N4O2. The number of ether oxygens (including phenoxy) is 1. The van der Waals surface area contributed by atoms with E-state index in [9.17, 15) is 4.79 Å². The average Bonchev–Trinajstić information content (AvgIpc) is 3.19. The summed E-state index contributed by atoms with van der Waals surface area (Å²) in [6.07, 6.45) is 12.9. The highest BCUT2D eigenvalue weighted by molar-refractivity contribution is 5.81. The van der Waals surface area contributed by atoms with Gasteiger partial charge in [0.2, 0.25) is 0 Å². The summed E-state index contributed by atoms with van der Waals surface area (Å²) in [6, 6.07) is 9.50. The van der Waals surface area contributed by atoms with Crippen molar-refractivity contribution in [2.75, 3.05) is 6.61 Å². The Kier molecular flexibility index (Phi) is 11.0. The number of nitrogens with zero attached hydrogens (tertiary/aromatic N) is 4. The van der Waals surface area contributed by atoms with Crippen LogP contribution in [0.15, 0.2) is 30.3 Å². The molecule has 0 spiro atoms. The molecule has 0 aliphatic rings. The van der Waals surface area contributed by atoms with Crippen LogP contribution in [-0.4, -0.2) is 32.8 Å². The summed E-state index contributed by atoms with van der Waals surface area (Å²) in [5, 5.41) is 12.7. The van der Waals surface area contributed by atoms with Crippen LogP contribution in [0.5, 0.6) is 0 Å². The van der Waals surface area contributed by atoms with Crippen molar-refractivity contribution in [3.05, 3.63) is 41.7 Å². The monoisotopic (exact) mass is 400 g/mol. The van der Waals surface area contributed by atoms with Gasteiger partial charge in [0.1, 0.15) is 5.92 Å². The van der Waals surface area contributed by atoms with Crippen LogP contribution in [0.25, 0.3) is 0 Å². The number of rotatable bonds is 15. The number of unbranched alkanes of at least 4 members (excludes halogenated alkanes) is 9. The molecule has 0 aliphatic carbocycles. The minimum Gasteiger partial charge on any atom is -0.465 e. The SMILES string of the molecule is CCCCCCCCCCCCn1nnc(C(C(=O)OCC)c2ccccc2)n1. The molecule has 1 atom stereocenters. The number of aryl methyl sites for hydroxylation is 1. The molecule has 1 aromatic heterocycles. The molecule has 0 radical (unpaired) electrons. The van der Waals surface area contributed by atoms with E-state index >= 15 is 0 Å². The number of tetrazole rings is 1. The lowest BCUT2D eigenvalue weighted by Gasteiger charge is -2.12. The third-order valence-electron chi connectivity index (χ3n) is 5.09. The van der Waals surface area contributed by atoms with E-state index in [0.717, 1.165) is 18.5 Å². The first-order valence-electron chi connectivity index (χ1n) is 11.3. The second-order valence-corrected chi connectivity index (χ2v) is 7.52. The highest BCUT2D eigenvalue weighted by atomic mass is 16.5. The van der Waals surface area contributed by atoms with Crippen molar-refractivity contribution in [3.63, 3.8) is 0 Å². The third kappa shape index (κ3) is 8.34. The molecule has 0 saturated carbocycles. The van der Waals surface area contributed by atoms with E-state index < -0.39 is 5.92 Å². The number of hydrogen-bond donors (Lipinski definition) is 0. The Balaban J connectivity index is 1.76. The minimum atomic E-state index is -0.627. The van der Waals surface area contributed by atoms with Gasteiger partial charge in [0.15, 0.2) is 5.82 Å². The molecule has 0 N–H and O–H groups in total. The zero-order chi connectivity index (χ0) is 20.7. The van der Waals surface area contributed by atoms with Crippen LogP contribution in [0.4, 0.5) is 0 Å². The fraction of sp³-hybridized carbons (Fsp3) is 0.652. The number of benzene rings is 1. The summed E-state index contributed by atoms with van der Waals surface area (Å²) in [7, 11) is 0. The molecular weight excluding hydrogens is 364 g/mol. The lowest BCUT2D eigenvalue weighted by molar-refractivity contribution is -0.144. The molecule has 0 aliphatic heterocycles. The van der Waals surface area contributed by atoms with Crippen LogP contribution in [0, 0.1) is 0 Å². The molecule has 1 unspecified atom stereocenters. The number of carbonyl (C=O) groups excluding carboxylic acids is 1. The first-order chi connectivity index (χ1) is 14.3. The van der Waals surface area contributed by atoms with Crippen LogP contribution < -0.4 is 0 Å². The highest BCUT2D eigenvalue weighted by Crippen LogP contribution is 2.23. The molecule has 0 saturated heterocycles. The summed E-state index contributed by atoms with van der Waals surface area (Å²) < 4.78 is 5.23. The molecule has 160 valence electrons. The highest BCUT2D eigenvalue weighted by Gasteiger charge is 2.28. The van der Waals surface area contributed by atoms with Gasteiger partial charge in [-0.2, -0.15) is 4.80 Å². The van der Waals surface area contributed by atoms with Crippen molar-refractivity contribution in [1.29, 1.82) is 0 Å². The van der Waals surface area contributed by atoms with Gasteiger partial charge in [-0.15, -0.1) is 10.2 Å². The van der Waals surface area contributed by atoms with Crippen molar-refractivity contribution in [2.45, 2.75) is 90.5 Å². The molecule has 1 aromatic carbocycles. The van der Waals surface area contributed by atoms with Crippen LogP contribution in [-0.2, 0) is 16.1 Å². The molecule has 29 heavy (non-hydrogen) atoms. The van der Waals surface area contributed by atoms with Crippen LogP contribution in [0.1, 0.15) is 95.4 Å². The van der Waals surface area contributed by atoms with E-state index in [0.29, 0.717) is 12.4 Å². The predicted octanol–water partition coefficient (Wildman–Crippen LogP) is 5.29. The van der Waals surface area contributed by atoms with Crippen molar-refractivity contribution in [2.24, 2.45) is 0 Å². The zero-order valence-electron chi connectivity index (χ0n) is 18.1. The van der Waals surface area contributed by atoms with Crippen molar-refractivity contribution in [1.82, 2.24) is 20.2 Å². The minimum absolute atomic E-state index is 0.328. The number of aromatic nitrogens is 4. The van der Waals surface area contributed by atoms with Gasteiger partial charge < -0.3 is 4.74 Å². The summed E-state index contributed by atoms with van der Waals surface area (Å²) in [6.45, 7) is 5.11. The summed E-state index contributed by atoms with van der Waals surface area (Å²) >= 11 is 0. The van der Waals surface area contributed by atoms with Gasteiger partial charge in [-0.25, -0.2) is 0 Å². The maximum Gasteiger partial charge on any atom is 0.321 e. The quantitative estimate of drug-likeness (QED) is 0.300. The zero-order valence-corrected chi connectivity index (χ0v) is 18.1. The second kappa shape index (κ2) is 13.9. The van der Waals surface area contributed by atoms with Gasteiger partial charge in [-0.1, -0.05) is 95.0 Å². The van der Waals surface area contributed by atoms with E-state index in [1.165, 1.54) is 57.8 Å². The van der Waals surface area contributed by atoms with Crippen molar-refractivity contribution >= 4 is 5.97 Å². The van der Waals surface area contributed by atoms with Crippen LogP contribution >= 0.6 is 0 Å². The summed E-state index contributed by atoms with van der Waals surface area (Å²) in [5.41, 5.74) is 0.824. The molecule has 6 nitrogen and oxygen atoms in total. The Bertz CT molecular complexity index is 687. The Morgan fingerprint density at radius 1 is 0.931 bits per heavy atom. The predicted molar refractivity (Wildman–Crippen MR) is 115 cm³/mol. The average molecular weight is 401 g/mol. The van der Waals surface area contributed by atoms with Gasteiger partial charge in [0, 0.05) is 0 Å². The first-order valence-corrected chi connectivity index (χ1v) is 11.3. The van der Waals surface area contributed by atoms with Crippen LogP contribution in [0.3, 0.4) is 0 Å². The summed E-state index contributed by atoms with van der Waals surface area (Å²) in [5.74, 6) is -0.559. The van der Waals surface area contributed by atoms with Gasteiger partial charge in [-0.05, 0) is 24.1 Å². The molecule has 1 heterocycles. The fourth-order valence-electron chi connectivity index (χ4n) is 3.47. The normalized spacial score (nSPS) is 12.1. The Morgan fingerprint density at radius 3 is 2.17 bits per heavy atom. The largest absolute Gasteiger partial charge is 0.465 e. The number of hydrogen-bond acceptors (Lipinski definition) is 5. The van der Waals surface area contributed by atoms with Gasteiger partial charge in [0.25, 0.3) is 0 Å². The summed E-state index contributed by atoms with van der Waals surface area (Å²) in [4.78, 5) is 14.1. The number of esters is 1. The molecule has 2 aromatic rings. The smallest absolute Gasteiger partial charge is 0.321 e. The third-order valence-corrected chi connectivity index (χ3v) is 5.09. The van der Waals surface area contributed by atoms with E-state index in [2.05, 4.69) is 22.3 Å². The van der Waals surface area contributed by atoms with Crippen LogP contribution in [0.2, 0.25) is 0 Å². The maximum atomic E-state index is 12.5. The Labute approximate surface area is 175 Å². The molecule has 6 heteroatoms. The van der Waals surface area contributed by atoms with Crippen molar-refractivity contribution in [3.8, 4) is 0 Å². The topological polar surface area (TPSA) is 69.9 Å². The van der Waals surface area contributed by atoms with Gasteiger partial charge in [0.05, 0.1) is 13.2 Å².